The van der Waals surface area contributed by atoms with Gasteiger partial charge >= 0.3 is 5.91 Å². The van der Waals surface area contributed by atoms with Gasteiger partial charge in [0.15, 0.2) is 5.13 Å². The summed E-state index contributed by atoms with van der Waals surface area (Å²) < 4.78 is 2.65. The first-order valence-corrected chi connectivity index (χ1v) is 12.0. The zero-order chi connectivity index (χ0) is 22.4. The summed E-state index contributed by atoms with van der Waals surface area (Å²) in [7, 11) is 0. The molecular weight excluding hydrogens is 556 g/mol. The van der Waals surface area contributed by atoms with Crippen molar-refractivity contribution >= 4 is 76.0 Å². The molecule has 0 spiro atoms. The summed E-state index contributed by atoms with van der Waals surface area (Å²) in [6, 6.07) is 21.0. The summed E-state index contributed by atoms with van der Waals surface area (Å²) in [5.41, 5.74) is 1.95. The Labute approximate surface area is 204 Å². The standard InChI is InChI=1S/C24H14Br2N2O3S/c25-15-8-6-13(7-9-15)20-19(21(29)14-4-2-1-3-5-14)22(30)23(31)28(20)24-27-17-11-10-16(26)12-18(17)32-24/h1-12,20,29H/b21-19+/t20-/m1/s1. The van der Waals surface area contributed by atoms with E-state index in [2.05, 4.69) is 36.8 Å². The quantitative estimate of drug-likeness (QED) is 0.175. The van der Waals surface area contributed by atoms with Crippen LogP contribution in [0.3, 0.4) is 0 Å². The number of Topliss-reactive ketones (excluding diaryl/α,β-unsaturated/α-hetero) is 1. The van der Waals surface area contributed by atoms with Gasteiger partial charge in [-0.15, -0.1) is 0 Å². The number of carbonyl (C=O) groups is 2. The third-order valence-corrected chi connectivity index (χ3v) is 7.26. The number of anilines is 1. The maximum absolute atomic E-state index is 13.2. The van der Waals surface area contributed by atoms with E-state index < -0.39 is 17.7 Å². The lowest BCUT2D eigenvalue weighted by Gasteiger charge is -2.23. The molecule has 1 N–H and O–H groups in total. The summed E-state index contributed by atoms with van der Waals surface area (Å²) in [5.74, 6) is -1.66. The number of amides is 1. The number of aromatic nitrogens is 1. The highest BCUT2D eigenvalue weighted by atomic mass is 79.9. The van der Waals surface area contributed by atoms with Gasteiger partial charge in [-0.3, -0.25) is 14.5 Å². The molecule has 0 unspecified atom stereocenters. The monoisotopic (exact) mass is 568 g/mol. The molecule has 1 amide bonds. The van der Waals surface area contributed by atoms with Gasteiger partial charge in [0.05, 0.1) is 21.8 Å². The molecule has 1 atom stereocenters. The fourth-order valence-corrected chi connectivity index (χ4v) is 5.54. The number of carbonyl (C=O) groups excluding carboxylic acids is 2. The molecule has 1 saturated heterocycles. The summed E-state index contributed by atoms with van der Waals surface area (Å²) in [6.07, 6.45) is 0. The van der Waals surface area contributed by atoms with E-state index in [1.165, 1.54) is 16.2 Å². The summed E-state index contributed by atoms with van der Waals surface area (Å²) in [4.78, 5) is 32.4. The van der Waals surface area contributed by atoms with E-state index in [1.807, 2.05) is 48.5 Å². The Morgan fingerprint density at radius 1 is 0.938 bits per heavy atom. The maximum atomic E-state index is 13.2. The van der Waals surface area contributed by atoms with Gasteiger partial charge in [-0.1, -0.05) is 85.7 Å². The van der Waals surface area contributed by atoms with Crippen molar-refractivity contribution in [2.45, 2.75) is 6.04 Å². The predicted octanol–water partition coefficient (Wildman–Crippen LogP) is 6.45. The minimum Gasteiger partial charge on any atom is -0.507 e. The van der Waals surface area contributed by atoms with Crippen molar-refractivity contribution in [1.82, 2.24) is 4.98 Å². The van der Waals surface area contributed by atoms with Crippen LogP contribution < -0.4 is 4.90 Å². The first-order chi connectivity index (χ1) is 15.4. The Morgan fingerprint density at radius 2 is 1.62 bits per heavy atom. The van der Waals surface area contributed by atoms with Gasteiger partial charge in [0.1, 0.15) is 5.76 Å². The number of thiazole rings is 1. The Kier molecular flexibility index (Phi) is 5.44. The maximum Gasteiger partial charge on any atom is 0.301 e. The summed E-state index contributed by atoms with van der Waals surface area (Å²) in [6.45, 7) is 0. The van der Waals surface area contributed by atoms with Gasteiger partial charge in [-0.05, 0) is 35.9 Å². The number of fused-ring (bicyclic) bond motifs is 1. The predicted molar refractivity (Wildman–Crippen MR) is 133 cm³/mol. The lowest BCUT2D eigenvalue weighted by Crippen LogP contribution is -2.29. The van der Waals surface area contributed by atoms with E-state index in [9.17, 15) is 14.7 Å². The van der Waals surface area contributed by atoms with Crippen LogP contribution in [0.2, 0.25) is 0 Å². The molecule has 0 radical (unpaired) electrons. The van der Waals surface area contributed by atoms with E-state index in [1.54, 1.807) is 24.3 Å². The highest BCUT2D eigenvalue weighted by Crippen LogP contribution is 2.44. The molecule has 0 bridgehead atoms. The first-order valence-electron chi connectivity index (χ1n) is 9.62. The average molecular weight is 570 g/mol. The van der Waals surface area contributed by atoms with Crippen molar-refractivity contribution in [2.75, 3.05) is 4.90 Å². The molecule has 3 aromatic carbocycles. The van der Waals surface area contributed by atoms with Crippen LogP contribution in [0.4, 0.5) is 5.13 Å². The van der Waals surface area contributed by atoms with Crippen LogP contribution in [0.1, 0.15) is 17.2 Å². The number of halogens is 2. The number of ketones is 1. The largest absolute Gasteiger partial charge is 0.507 e. The van der Waals surface area contributed by atoms with Gasteiger partial charge in [-0.25, -0.2) is 4.98 Å². The summed E-state index contributed by atoms with van der Waals surface area (Å²) in [5, 5.41) is 11.5. The van der Waals surface area contributed by atoms with Crippen LogP contribution >= 0.6 is 43.2 Å². The fourth-order valence-electron chi connectivity index (χ4n) is 3.73. The Balaban J connectivity index is 1.73. The molecule has 1 aliphatic rings. The van der Waals surface area contributed by atoms with Crippen LogP contribution in [0.5, 0.6) is 0 Å². The molecule has 0 aliphatic carbocycles. The first kappa shape index (κ1) is 21.1. The second-order valence-corrected chi connectivity index (χ2v) is 10.0. The van der Waals surface area contributed by atoms with Crippen molar-refractivity contribution < 1.29 is 14.7 Å². The Bertz CT molecular complexity index is 1400. The zero-order valence-corrected chi connectivity index (χ0v) is 20.3. The van der Waals surface area contributed by atoms with Crippen LogP contribution in [0, 0.1) is 0 Å². The van der Waals surface area contributed by atoms with E-state index in [0.717, 1.165) is 19.2 Å². The second-order valence-electron chi connectivity index (χ2n) is 7.20. The van der Waals surface area contributed by atoms with Gasteiger partial charge in [0, 0.05) is 14.5 Å². The Morgan fingerprint density at radius 3 is 2.34 bits per heavy atom. The van der Waals surface area contributed by atoms with Crippen LogP contribution in [0.15, 0.2) is 87.3 Å². The molecule has 158 valence electrons. The second kappa shape index (κ2) is 8.27. The minimum absolute atomic E-state index is 0.0453. The molecule has 1 fully saturated rings. The SMILES string of the molecule is O=C1C(=O)N(c2nc3ccc(Br)cc3s2)[C@H](c2ccc(Br)cc2)/C1=C(\O)c1ccccc1. The number of rotatable bonds is 3. The van der Waals surface area contributed by atoms with Crippen molar-refractivity contribution in [1.29, 1.82) is 0 Å². The summed E-state index contributed by atoms with van der Waals surface area (Å²) >= 11 is 8.20. The molecule has 0 saturated carbocycles. The zero-order valence-electron chi connectivity index (χ0n) is 16.3. The lowest BCUT2D eigenvalue weighted by molar-refractivity contribution is -0.132. The van der Waals surface area contributed by atoms with E-state index in [0.29, 0.717) is 16.3 Å². The molecule has 5 nitrogen and oxygen atoms in total. The van der Waals surface area contributed by atoms with Gasteiger partial charge in [0.25, 0.3) is 5.78 Å². The highest BCUT2D eigenvalue weighted by Gasteiger charge is 2.48. The topological polar surface area (TPSA) is 70.5 Å². The lowest BCUT2D eigenvalue weighted by atomic mass is 9.95. The normalized spacial score (nSPS) is 17.9. The number of aliphatic hydroxyl groups is 1. The van der Waals surface area contributed by atoms with Crippen molar-refractivity contribution in [2.24, 2.45) is 0 Å². The molecule has 4 aromatic rings. The molecule has 1 aromatic heterocycles. The number of hydrogen-bond acceptors (Lipinski definition) is 5. The number of aliphatic hydroxyl groups excluding tert-OH is 1. The van der Waals surface area contributed by atoms with Gasteiger partial charge in [0.2, 0.25) is 0 Å². The highest BCUT2D eigenvalue weighted by molar-refractivity contribution is 9.10. The van der Waals surface area contributed by atoms with Crippen molar-refractivity contribution in [3.63, 3.8) is 0 Å². The molecular formula is C24H14Br2N2O3S. The smallest absolute Gasteiger partial charge is 0.301 e. The van der Waals surface area contributed by atoms with Gasteiger partial charge < -0.3 is 5.11 Å². The molecule has 8 heteroatoms. The van der Waals surface area contributed by atoms with Crippen LogP contribution in [-0.2, 0) is 9.59 Å². The average Bonchev–Trinajstić information content (AvgIpc) is 3.32. The molecule has 5 rings (SSSR count). The van der Waals surface area contributed by atoms with E-state index >= 15 is 0 Å². The number of nitrogens with zero attached hydrogens (tertiary/aromatic N) is 2. The molecule has 32 heavy (non-hydrogen) atoms. The van der Waals surface area contributed by atoms with Crippen molar-refractivity contribution in [3.8, 4) is 0 Å². The number of benzene rings is 3. The minimum atomic E-state index is -0.799. The third kappa shape index (κ3) is 3.58. The van der Waals surface area contributed by atoms with Crippen LogP contribution in [-0.4, -0.2) is 21.8 Å². The van der Waals surface area contributed by atoms with E-state index in [4.69, 9.17) is 0 Å². The fraction of sp³-hybridized carbons (Fsp3) is 0.0417. The molecule has 1 aliphatic heterocycles. The van der Waals surface area contributed by atoms with Crippen LogP contribution in [0.25, 0.3) is 16.0 Å². The van der Waals surface area contributed by atoms with E-state index in [-0.39, 0.29) is 11.3 Å². The third-order valence-electron chi connectivity index (χ3n) is 5.22. The molecule has 2 heterocycles. The number of hydrogen-bond donors (Lipinski definition) is 1. The van der Waals surface area contributed by atoms with Crippen molar-refractivity contribution in [3.05, 3.63) is 98.4 Å². The van der Waals surface area contributed by atoms with Gasteiger partial charge in [-0.2, -0.15) is 0 Å². The Hall–Kier alpha value is -2.81.